The van der Waals surface area contributed by atoms with E-state index in [4.69, 9.17) is 4.42 Å². The first-order chi connectivity index (χ1) is 15.9. The highest BCUT2D eigenvalue weighted by molar-refractivity contribution is 5.92. The van der Waals surface area contributed by atoms with Gasteiger partial charge in [-0.3, -0.25) is 24.3 Å². The second-order valence-corrected chi connectivity index (χ2v) is 7.85. The van der Waals surface area contributed by atoms with Crippen molar-refractivity contribution in [2.45, 2.75) is 32.6 Å². The predicted octanol–water partition coefficient (Wildman–Crippen LogP) is 2.68. The minimum Gasteiger partial charge on any atom is -0.451 e. The van der Waals surface area contributed by atoms with E-state index >= 15 is 0 Å². The molecule has 0 saturated heterocycles. The highest BCUT2D eigenvalue weighted by atomic mass is 16.5. The van der Waals surface area contributed by atoms with Gasteiger partial charge in [-0.1, -0.05) is 38.3 Å². The molecule has 1 aromatic carbocycles. The minimum atomic E-state index is -0.569. The van der Waals surface area contributed by atoms with Gasteiger partial charge in [-0.2, -0.15) is 5.10 Å². The maximum atomic E-state index is 12.5. The van der Waals surface area contributed by atoms with E-state index in [9.17, 15) is 19.6 Å². The molecule has 0 aliphatic rings. The van der Waals surface area contributed by atoms with Crippen molar-refractivity contribution in [3.63, 3.8) is 0 Å². The molecule has 0 aliphatic heterocycles. The maximum absolute atomic E-state index is 12.5. The lowest BCUT2D eigenvalue weighted by molar-refractivity contribution is -0.154. The lowest BCUT2D eigenvalue weighted by Gasteiger charge is -2.19. The first-order valence-electron chi connectivity index (χ1n) is 10.9. The normalized spacial score (nSPS) is 11.8. The van der Waals surface area contributed by atoms with E-state index < -0.39 is 11.8 Å². The molecule has 0 spiro atoms. The van der Waals surface area contributed by atoms with E-state index in [0.29, 0.717) is 17.2 Å². The average molecular weight is 456 g/mol. The van der Waals surface area contributed by atoms with Gasteiger partial charge in [-0.05, 0) is 24.6 Å². The van der Waals surface area contributed by atoms with Crippen molar-refractivity contribution >= 4 is 29.1 Å². The summed E-state index contributed by atoms with van der Waals surface area (Å²) < 4.78 is 7.46. The fraction of sp³-hybridized carbons (Fsp3) is 0.391. The van der Waals surface area contributed by atoms with Crippen LogP contribution in [0.2, 0.25) is 0 Å². The number of hydrogen-bond acceptors (Lipinski definition) is 6. The van der Waals surface area contributed by atoms with Crippen LogP contribution in [0, 0.1) is 5.92 Å². The smallest absolute Gasteiger partial charge is 0.288 e. The van der Waals surface area contributed by atoms with Crippen molar-refractivity contribution in [1.29, 1.82) is 0 Å². The van der Waals surface area contributed by atoms with Crippen molar-refractivity contribution in [1.82, 2.24) is 25.5 Å². The van der Waals surface area contributed by atoms with Gasteiger partial charge < -0.3 is 15.1 Å². The van der Waals surface area contributed by atoms with Gasteiger partial charge in [0.15, 0.2) is 5.76 Å². The average Bonchev–Trinajstić information content (AvgIpc) is 3.45. The summed E-state index contributed by atoms with van der Waals surface area (Å²) in [5.74, 6) is -0.730. The predicted molar refractivity (Wildman–Crippen MR) is 121 cm³/mol. The van der Waals surface area contributed by atoms with Gasteiger partial charge in [0.25, 0.3) is 5.91 Å². The Labute approximate surface area is 191 Å². The molecule has 3 N–H and O–H groups in total. The number of nitrogens with zero attached hydrogens (tertiary/aromatic N) is 3. The van der Waals surface area contributed by atoms with Crippen LogP contribution in [0.1, 0.15) is 43.2 Å². The zero-order chi connectivity index (χ0) is 23.8. The van der Waals surface area contributed by atoms with Crippen LogP contribution in [0.4, 0.5) is 0 Å². The fourth-order valence-corrected chi connectivity index (χ4v) is 3.57. The van der Waals surface area contributed by atoms with Gasteiger partial charge in [0.05, 0.1) is 30.8 Å². The summed E-state index contributed by atoms with van der Waals surface area (Å²) in [5.41, 5.74) is 1.76. The second-order valence-electron chi connectivity index (χ2n) is 7.85. The number of carbonyl (C=O) groups excluding carboxylic acids is 3. The third-order valence-electron chi connectivity index (χ3n) is 5.43. The highest BCUT2D eigenvalue weighted by Gasteiger charge is 2.21. The van der Waals surface area contributed by atoms with E-state index in [2.05, 4.69) is 15.7 Å². The van der Waals surface area contributed by atoms with Crippen LogP contribution in [-0.4, -0.2) is 51.5 Å². The van der Waals surface area contributed by atoms with Crippen molar-refractivity contribution in [3.05, 3.63) is 42.3 Å². The van der Waals surface area contributed by atoms with Gasteiger partial charge in [-0.25, -0.2) is 5.06 Å². The molecule has 0 radical (unpaired) electrons. The number of nitrogens with one attached hydrogen (secondary N) is 2. The van der Waals surface area contributed by atoms with Crippen molar-refractivity contribution in [2.75, 3.05) is 13.2 Å². The largest absolute Gasteiger partial charge is 0.451 e. The number of hydroxylamine groups is 2. The van der Waals surface area contributed by atoms with Crippen LogP contribution >= 0.6 is 0 Å². The number of furan rings is 1. The molecule has 10 nitrogen and oxygen atoms in total. The van der Waals surface area contributed by atoms with E-state index in [1.54, 1.807) is 23.0 Å². The Morgan fingerprint density at radius 1 is 1.24 bits per heavy atom. The molecule has 3 aromatic rings. The molecule has 2 heterocycles. The summed E-state index contributed by atoms with van der Waals surface area (Å²) in [6.07, 6.45) is 5.31. The number of unbranched alkanes of at least 4 members (excludes halogenated alkanes) is 2. The zero-order valence-electron chi connectivity index (χ0n) is 18.8. The number of carbonyl (C=O) groups is 3. The zero-order valence-corrected chi connectivity index (χ0v) is 18.8. The van der Waals surface area contributed by atoms with E-state index in [0.717, 1.165) is 35.7 Å². The number of rotatable bonds is 12. The molecule has 0 unspecified atom stereocenters. The SMILES string of the molecule is CCCCC[C@H](CN(O)C=O)C(=O)NCNC(=O)c1ccc(-c2ccc3cnn(C)c3c2)o1. The number of hydrogen-bond donors (Lipinski definition) is 3. The van der Waals surface area contributed by atoms with Crippen molar-refractivity contribution < 1.29 is 24.0 Å². The Morgan fingerprint density at radius 3 is 2.82 bits per heavy atom. The number of benzene rings is 1. The van der Waals surface area contributed by atoms with Crippen LogP contribution < -0.4 is 10.6 Å². The van der Waals surface area contributed by atoms with Crippen LogP contribution in [0.5, 0.6) is 0 Å². The number of aryl methyl sites for hydroxylation is 1. The molecule has 2 aromatic heterocycles. The standard InChI is InChI=1S/C23H29N5O5/c1-3-4-5-6-18(13-28(32)15-29)22(30)24-14-25-23(31)21-10-9-20(33-21)16-7-8-17-12-26-27(2)19(17)11-16/h7-12,15,18,32H,3-6,13-14H2,1-2H3,(H,24,30)(H,25,31)/t18-/m1/s1. The molecular formula is C23H29N5O5. The fourth-order valence-electron chi connectivity index (χ4n) is 3.57. The molecule has 176 valence electrons. The number of fused-ring (bicyclic) bond motifs is 1. The van der Waals surface area contributed by atoms with Crippen LogP contribution in [0.25, 0.3) is 22.2 Å². The molecule has 0 aliphatic carbocycles. The Kier molecular flexibility index (Phi) is 8.20. The molecule has 3 rings (SSSR count). The molecule has 10 heteroatoms. The van der Waals surface area contributed by atoms with E-state index in [1.165, 1.54) is 0 Å². The lowest BCUT2D eigenvalue weighted by Crippen LogP contribution is -2.42. The van der Waals surface area contributed by atoms with Gasteiger partial charge >= 0.3 is 0 Å². The first-order valence-corrected chi connectivity index (χ1v) is 10.9. The molecule has 0 bridgehead atoms. The van der Waals surface area contributed by atoms with Crippen LogP contribution in [0.15, 0.2) is 40.9 Å². The first kappa shape index (κ1) is 24.0. The van der Waals surface area contributed by atoms with Crippen molar-refractivity contribution in [3.8, 4) is 11.3 Å². The molecule has 33 heavy (non-hydrogen) atoms. The molecular weight excluding hydrogens is 426 g/mol. The summed E-state index contributed by atoms with van der Waals surface area (Å²) in [7, 11) is 1.85. The Balaban J connectivity index is 1.55. The lowest BCUT2D eigenvalue weighted by atomic mass is 10.0. The number of aromatic nitrogens is 2. The summed E-state index contributed by atoms with van der Waals surface area (Å²) in [4.78, 5) is 35.6. The van der Waals surface area contributed by atoms with Gasteiger partial charge in [0.1, 0.15) is 5.76 Å². The number of amides is 3. The Morgan fingerprint density at radius 2 is 2.06 bits per heavy atom. The van der Waals surface area contributed by atoms with E-state index in [1.807, 2.05) is 32.2 Å². The maximum Gasteiger partial charge on any atom is 0.288 e. The Hall–Kier alpha value is -3.66. The quantitative estimate of drug-likeness (QED) is 0.127. The molecule has 0 fully saturated rings. The second kappa shape index (κ2) is 11.3. The van der Waals surface area contributed by atoms with Crippen LogP contribution in [-0.2, 0) is 16.6 Å². The summed E-state index contributed by atoms with van der Waals surface area (Å²) in [6.45, 7) is 1.84. The third kappa shape index (κ3) is 6.19. The highest BCUT2D eigenvalue weighted by Crippen LogP contribution is 2.26. The summed E-state index contributed by atoms with van der Waals surface area (Å²) in [5, 5.41) is 20.4. The van der Waals surface area contributed by atoms with Gasteiger partial charge in [0, 0.05) is 18.0 Å². The van der Waals surface area contributed by atoms with Gasteiger partial charge in [0.2, 0.25) is 12.3 Å². The van der Waals surface area contributed by atoms with E-state index in [-0.39, 0.29) is 31.3 Å². The van der Waals surface area contributed by atoms with Crippen LogP contribution in [0.3, 0.4) is 0 Å². The third-order valence-corrected chi connectivity index (χ3v) is 5.43. The monoisotopic (exact) mass is 455 g/mol. The molecule has 1 atom stereocenters. The van der Waals surface area contributed by atoms with Gasteiger partial charge in [-0.15, -0.1) is 0 Å². The topological polar surface area (TPSA) is 130 Å². The Bertz CT molecular complexity index is 1110. The summed E-state index contributed by atoms with van der Waals surface area (Å²) >= 11 is 0. The molecule has 3 amide bonds. The molecule has 0 saturated carbocycles. The summed E-state index contributed by atoms with van der Waals surface area (Å²) in [6, 6.07) is 9.05. The van der Waals surface area contributed by atoms with Crippen molar-refractivity contribution in [2.24, 2.45) is 13.0 Å². The minimum absolute atomic E-state index is 0.102.